The van der Waals surface area contributed by atoms with E-state index >= 15 is 0 Å². The quantitative estimate of drug-likeness (QED) is 0.889. The lowest BCUT2D eigenvalue weighted by Crippen LogP contribution is -2.29. The van der Waals surface area contributed by atoms with E-state index in [0.717, 1.165) is 25.2 Å². The highest BCUT2D eigenvalue weighted by atomic mass is 16.1. The fraction of sp³-hybridized carbons (Fsp3) is 0.400. The molecule has 4 nitrogen and oxygen atoms in total. The van der Waals surface area contributed by atoms with Crippen LogP contribution in [0.3, 0.4) is 0 Å². The zero-order valence-corrected chi connectivity index (χ0v) is 14.4. The largest absolute Gasteiger partial charge is 0.352 e. The van der Waals surface area contributed by atoms with E-state index in [-0.39, 0.29) is 11.8 Å². The first-order chi connectivity index (χ1) is 11.6. The molecule has 1 aromatic heterocycles. The van der Waals surface area contributed by atoms with E-state index in [0.29, 0.717) is 13.0 Å². The van der Waals surface area contributed by atoms with Crippen molar-refractivity contribution >= 4 is 5.91 Å². The molecule has 0 aliphatic carbocycles. The van der Waals surface area contributed by atoms with Crippen LogP contribution in [-0.2, 0) is 24.3 Å². The zero-order chi connectivity index (χ0) is 16.9. The van der Waals surface area contributed by atoms with Crippen LogP contribution in [0.1, 0.15) is 47.2 Å². The summed E-state index contributed by atoms with van der Waals surface area (Å²) in [7, 11) is 0. The van der Waals surface area contributed by atoms with Crippen LogP contribution in [0.5, 0.6) is 0 Å². The summed E-state index contributed by atoms with van der Waals surface area (Å²) in [5.41, 5.74) is 6.03. The van der Waals surface area contributed by atoms with Gasteiger partial charge in [-0.1, -0.05) is 37.3 Å². The molecule has 0 radical (unpaired) electrons. The highest BCUT2D eigenvalue weighted by Gasteiger charge is 2.17. The second-order valence-electron chi connectivity index (χ2n) is 6.55. The van der Waals surface area contributed by atoms with Crippen molar-refractivity contribution in [1.29, 1.82) is 0 Å². The first-order valence-corrected chi connectivity index (χ1v) is 8.63. The SMILES string of the molecule is Cc1ncc2c(c1CNC(=O)C[C@@H](C)c1ccccc1)CCNC2. The van der Waals surface area contributed by atoms with Gasteiger partial charge < -0.3 is 10.6 Å². The summed E-state index contributed by atoms with van der Waals surface area (Å²) in [5.74, 6) is 0.316. The average molecular weight is 323 g/mol. The number of hydrogen-bond donors (Lipinski definition) is 2. The Hall–Kier alpha value is -2.20. The van der Waals surface area contributed by atoms with E-state index in [4.69, 9.17) is 0 Å². The zero-order valence-electron chi connectivity index (χ0n) is 14.4. The minimum absolute atomic E-state index is 0.0947. The lowest BCUT2D eigenvalue weighted by Gasteiger charge is -2.22. The summed E-state index contributed by atoms with van der Waals surface area (Å²) in [6, 6.07) is 10.2. The van der Waals surface area contributed by atoms with Gasteiger partial charge in [0.15, 0.2) is 0 Å². The van der Waals surface area contributed by atoms with Gasteiger partial charge >= 0.3 is 0 Å². The highest BCUT2D eigenvalue weighted by Crippen LogP contribution is 2.21. The molecule has 1 amide bonds. The van der Waals surface area contributed by atoms with Crippen molar-refractivity contribution in [1.82, 2.24) is 15.6 Å². The smallest absolute Gasteiger partial charge is 0.220 e. The Morgan fingerprint density at radius 1 is 1.33 bits per heavy atom. The summed E-state index contributed by atoms with van der Waals surface area (Å²) in [6.45, 7) is 6.55. The number of nitrogens with zero attached hydrogens (tertiary/aromatic N) is 1. The first kappa shape index (κ1) is 16.7. The van der Waals surface area contributed by atoms with Gasteiger partial charge in [-0.15, -0.1) is 0 Å². The maximum atomic E-state index is 12.3. The van der Waals surface area contributed by atoms with E-state index in [1.165, 1.54) is 22.3 Å². The van der Waals surface area contributed by atoms with Crippen molar-refractivity contribution in [2.24, 2.45) is 0 Å². The molecule has 24 heavy (non-hydrogen) atoms. The molecule has 0 fully saturated rings. The number of amides is 1. The lowest BCUT2D eigenvalue weighted by atomic mass is 9.95. The van der Waals surface area contributed by atoms with Gasteiger partial charge in [0.05, 0.1) is 0 Å². The van der Waals surface area contributed by atoms with Crippen LogP contribution in [0.2, 0.25) is 0 Å². The summed E-state index contributed by atoms with van der Waals surface area (Å²) in [5, 5.41) is 6.46. The predicted molar refractivity (Wildman–Crippen MR) is 95.7 cm³/mol. The molecule has 2 N–H and O–H groups in total. The van der Waals surface area contributed by atoms with Crippen LogP contribution in [-0.4, -0.2) is 17.4 Å². The number of carbonyl (C=O) groups is 1. The monoisotopic (exact) mass is 323 g/mol. The fourth-order valence-electron chi connectivity index (χ4n) is 3.31. The van der Waals surface area contributed by atoms with Crippen molar-refractivity contribution in [3.63, 3.8) is 0 Å². The Morgan fingerprint density at radius 3 is 2.92 bits per heavy atom. The molecule has 2 heterocycles. The Bertz CT molecular complexity index is 712. The summed E-state index contributed by atoms with van der Waals surface area (Å²) >= 11 is 0. The fourth-order valence-corrected chi connectivity index (χ4v) is 3.31. The van der Waals surface area contributed by atoms with Gasteiger partial charge in [0, 0.05) is 31.4 Å². The van der Waals surface area contributed by atoms with Crippen LogP contribution in [0.4, 0.5) is 0 Å². The molecule has 1 atom stereocenters. The van der Waals surface area contributed by atoms with Gasteiger partial charge in [0.2, 0.25) is 5.91 Å². The standard InChI is InChI=1S/C20H25N3O/c1-14(16-6-4-3-5-7-16)10-20(24)23-13-19-15(2)22-12-17-11-21-9-8-18(17)19/h3-7,12,14,21H,8-11,13H2,1-2H3,(H,23,24)/t14-/m1/s1. The molecule has 2 aromatic rings. The van der Waals surface area contributed by atoms with Crippen LogP contribution in [0, 0.1) is 6.92 Å². The third-order valence-corrected chi connectivity index (χ3v) is 4.79. The maximum Gasteiger partial charge on any atom is 0.220 e. The minimum atomic E-state index is 0.0947. The summed E-state index contributed by atoms with van der Waals surface area (Å²) in [6.07, 6.45) is 3.47. The topological polar surface area (TPSA) is 54.0 Å². The van der Waals surface area contributed by atoms with E-state index in [2.05, 4.69) is 34.7 Å². The van der Waals surface area contributed by atoms with Gasteiger partial charge in [0.1, 0.15) is 0 Å². The Labute approximate surface area is 143 Å². The number of carbonyl (C=O) groups excluding carboxylic acids is 1. The van der Waals surface area contributed by atoms with Crippen molar-refractivity contribution in [3.8, 4) is 0 Å². The van der Waals surface area contributed by atoms with E-state index in [1.807, 2.05) is 31.3 Å². The van der Waals surface area contributed by atoms with E-state index in [9.17, 15) is 4.79 Å². The van der Waals surface area contributed by atoms with E-state index < -0.39 is 0 Å². The molecule has 0 spiro atoms. The number of rotatable bonds is 5. The molecule has 1 aliphatic rings. The number of aromatic nitrogens is 1. The molecule has 4 heteroatoms. The van der Waals surface area contributed by atoms with E-state index in [1.54, 1.807) is 0 Å². The Kier molecular flexibility index (Phi) is 5.26. The molecular weight excluding hydrogens is 298 g/mol. The third kappa shape index (κ3) is 3.82. The van der Waals surface area contributed by atoms with Crippen molar-refractivity contribution in [2.45, 2.75) is 45.7 Å². The minimum Gasteiger partial charge on any atom is -0.352 e. The number of fused-ring (bicyclic) bond motifs is 1. The van der Waals surface area contributed by atoms with Crippen LogP contribution < -0.4 is 10.6 Å². The third-order valence-electron chi connectivity index (χ3n) is 4.79. The molecule has 0 saturated carbocycles. The number of hydrogen-bond acceptors (Lipinski definition) is 3. The molecule has 0 saturated heterocycles. The molecular formula is C20H25N3O. The first-order valence-electron chi connectivity index (χ1n) is 8.63. The van der Waals surface area contributed by atoms with Gasteiger partial charge in [-0.25, -0.2) is 0 Å². The van der Waals surface area contributed by atoms with Crippen LogP contribution >= 0.6 is 0 Å². The molecule has 1 aromatic carbocycles. The van der Waals surface area contributed by atoms with Crippen molar-refractivity contribution in [3.05, 3.63) is 64.5 Å². The van der Waals surface area contributed by atoms with Crippen LogP contribution in [0.25, 0.3) is 0 Å². The highest BCUT2D eigenvalue weighted by molar-refractivity contribution is 5.76. The van der Waals surface area contributed by atoms with Crippen LogP contribution in [0.15, 0.2) is 36.5 Å². The second kappa shape index (κ2) is 7.58. The number of aryl methyl sites for hydroxylation is 1. The van der Waals surface area contributed by atoms with Crippen molar-refractivity contribution < 1.29 is 4.79 Å². The van der Waals surface area contributed by atoms with Gasteiger partial charge in [-0.3, -0.25) is 9.78 Å². The molecule has 0 bridgehead atoms. The Balaban J connectivity index is 1.63. The normalized spacial score (nSPS) is 14.8. The van der Waals surface area contributed by atoms with Crippen molar-refractivity contribution in [2.75, 3.05) is 6.54 Å². The lowest BCUT2D eigenvalue weighted by molar-refractivity contribution is -0.121. The van der Waals surface area contributed by atoms with Gasteiger partial charge in [0.25, 0.3) is 0 Å². The summed E-state index contributed by atoms with van der Waals surface area (Å²) in [4.78, 5) is 16.8. The number of benzene rings is 1. The number of nitrogens with one attached hydrogen (secondary N) is 2. The van der Waals surface area contributed by atoms with Gasteiger partial charge in [-0.2, -0.15) is 0 Å². The van der Waals surface area contributed by atoms with Gasteiger partial charge in [-0.05, 0) is 48.1 Å². The molecule has 3 rings (SSSR count). The molecule has 126 valence electrons. The Morgan fingerprint density at radius 2 is 2.12 bits per heavy atom. The number of pyridine rings is 1. The summed E-state index contributed by atoms with van der Waals surface area (Å²) < 4.78 is 0. The second-order valence-corrected chi connectivity index (χ2v) is 6.55. The maximum absolute atomic E-state index is 12.3. The predicted octanol–water partition coefficient (Wildman–Crippen LogP) is 2.85. The average Bonchev–Trinajstić information content (AvgIpc) is 2.61. The molecule has 0 unspecified atom stereocenters. The molecule has 1 aliphatic heterocycles.